The predicted octanol–water partition coefficient (Wildman–Crippen LogP) is 0.672. The molecule has 21 heavy (non-hydrogen) atoms. The van der Waals surface area contributed by atoms with Crippen LogP contribution in [-0.2, 0) is 9.53 Å². The first-order valence-electron chi connectivity index (χ1n) is 7.04. The lowest BCUT2D eigenvalue weighted by molar-refractivity contribution is -0.117. The summed E-state index contributed by atoms with van der Waals surface area (Å²) in [6, 6.07) is 5.40. The third-order valence-corrected chi connectivity index (χ3v) is 3.35. The zero-order valence-corrected chi connectivity index (χ0v) is 12.4. The normalized spacial score (nSPS) is 18.1. The van der Waals surface area contributed by atoms with E-state index in [0.29, 0.717) is 30.9 Å². The molecule has 1 fully saturated rings. The highest BCUT2D eigenvalue weighted by atomic mass is 16.5. The molecule has 1 aromatic carbocycles. The molecule has 1 saturated heterocycles. The number of nitrogens with one attached hydrogen (secondary N) is 3. The van der Waals surface area contributed by atoms with Gasteiger partial charge < -0.3 is 20.7 Å². The van der Waals surface area contributed by atoms with Crippen LogP contribution < -0.4 is 16.0 Å². The Morgan fingerprint density at radius 2 is 2.24 bits per heavy atom. The van der Waals surface area contributed by atoms with Gasteiger partial charge in [0.25, 0.3) is 5.91 Å². The Morgan fingerprint density at radius 1 is 1.43 bits per heavy atom. The fourth-order valence-electron chi connectivity index (χ4n) is 2.27. The summed E-state index contributed by atoms with van der Waals surface area (Å²) >= 11 is 0. The van der Waals surface area contributed by atoms with Crippen LogP contribution in [0.4, 0.5) is 5.69 Å². The minimum Gasteiger partial charge on any atom is -0.378 e. The van der Waals surface area contributed by atoms with E-state index in [-0.39, 0.29) is 17.9 Å². The van der Waals surface area contributed by atoms with Gasteiger partial charge in [0.2, 0.25) is 5.91 Å². The zero-order chi connectivity index (χ0) is 15.2. The molecule has 1 heterocycles. The molecule has 2 rings (SSSR count). The van der Waals surface area contributed by atoms with E-state index >= 15 is 0 Å². The molecule has 0 saturated carbocycles. The number of carbonyl (C=O) groups is 2. The van der Waals surface area contributed by atoms with Gasteiger partial charge in [-0.3, -0.25) is 9.59 Å². The summed E-state index contributed by atoms with van der Waals surface area (Å²) in [4.78, 5) is 24.0. The highest BCUT2D eigenvalue weighted by Gasteiger charge is 2.18. The minimum atomic E-state index is -0.215. The summed E-state index contributed by atoms with van der Waals surface area (Å²) in [5.41, 5.74) is 1.97. The van der Waals surface area contributed by atoms with Gasteiger partial charge in [-0.2, -0.15) is 0 Å². The van der Waals surface area contributed by atoms with E-state index in [1.165, 1.54) is 0 Å². The van der Waals surface area contributed by atoms with E-state index < -0.39 is 0 Å². The number of hydrogen-bond acceptors (Lipinski definition) is 4. The molecule has 0 aliphatic carbocycles. The Kier molecular flexibility index (Phi) is 5.30. The highest BCUT2D eigenvalue weighted by Crippen LogP contribution is 2.18. The van der Waals surface area contributed by atoms with Crippen LogP contribution in [0.5, 0.6) is 0 Å². The number of benzene rings is 1. The van der Waals surface area contributed by atoms with Crippen LogP contribution in [0, 0.1) is 6.92 Å². The molecule has 0 bridgehead atoms. The molecule has 114 valence electrons. The van der Waals surface area contributed by atoms with Gasteiger partial charge in [0.05, 0.1) is 24.5 Å². The van der Waals surface area contributed by atoms with Crippen LogP contribution >= 0.6 is 0 Å². The Labute approximate surface area is 124 Å². The van der Waals surface area contributed by atoms with Crippen LogP contribution in [0.1, 0.15) is 22.3 Å². The van der Waals surface area contributed by atoms with Crippen molar-refractivity contribution in [2.45, 2.75) is 19.4 Å². The monoisotopic (exact) mass is 291 g/mol. The molecule has 1 aliphatic rings. The van der Waals surface area contributed by atoms with Crippen LogP contribution in [0.15, 0.2) is 18.2 Å². The van der Waals surface area contributed by atoms with Gasteiger partial charge in [0.1, 0.15) is 0 Å². The summed E-state index contributed by atoms with van der Waals surface area (Å²) in [5, 5.41) is 8.61. The number of hydrogen-bond donors (Lipinski definition) is 3. The minimum absolute atomic E-state index is 0.0210. The maximum atomic E-state index is 12.1. The maximum Gasteiger partial charge on any atom is 0.253 e. The fraction of sp³-hybridized carbons (Fsp3) is 0.467. The lowest BCUT2D eigenvalue weighted by atomic mass is 10.1. The third kappa shape index (κ3) is 4.27. The van der Waals surface area contributed by atoms with Crippen LogP contribution in [0.2, 0.25) is 0 Å². The first-order valence-corrected chi connectivity index (χ1v) is 7.04. The van der Waals surface area contributed by atoms with Gasteiger partial charge in [-0.15, -0.1) is 0 Å². The summed E-state index contributed by atoms with van der Waals surface area (Å²) in [7, 11) is 1.57. The third-order valence-electron chi connectivity index (χ3n) is 3.35. The van der Waals surface area contributed by atoms with E-state index in [4.69, 9.17) is 4.74 Å². The van der Waals surface area contributed by atoms with Crippen molar-refractivity contribution in [3.05, 3.63) is 29.3 Å². The Morgan fingerprint density at radius 3 is 2.90 bits per heavy atom. The highest BCUT2D eigenvalue weighted by molar-refractivity contribution is 6.03. The number of rotatable bonds is 4. The van der Waals surface area contributed by atoms with Gasteiger partial charge in [-0.1, -0.05) is 11.6 Å². The van der Waals surface area contributed by atoms with E-state index in [2.05, 4.69) is 16.0 Å². The van der Waals surface area contributed by atoms with E-state index in [9.17, 15) is 9.59 Å². The first kappa shape index (κ1) is 15.5. The lowest BCUT2D eigenvalue weighted by Gasteiger charge is -2.23. The summed E-state index contributed by atoms with van der Waals surface area (Å²) in [6.07, 6.45) is 0.320. The molecule has 0 spiro atoms. The van der Waals surface area contributed by atoms with Crippen molar-refractivity contribution >= 4 is 17.5 Å². The van der Waals surface area contributed by atoms with E-state index in [1.54, 1.807) is 19.2 Å². The van der Waals surface area contributed by atoms with Gasteiger partial charge in [0, 0.05) is 26.1 Å². The van der Waals surface area contributed by atoms with Gasteiger partial charge >= 0.3 is 0 Å². The number of morpholine rings is 1. The van der Waals surface area contributed by atoms with Gasteiger partial charge in [0.15, 0.2) is 0 Å². The summed E-state index contributed by atoms with van der Waals surface area (Å²) in [5.74, 6) is -0.347. The van der Waals surface area contributed by atoms with Crippen molar-refractivity contribution in [2.24, 2.45) is 0 Å². The van der Waals surface area contributed by atoms with Crippen molar-refractivity contribution in [3.8, 4) is 0 Å². The smallest absolute Gasteiger partial charge is 0.253 e. The van der Waals surface area contributed by atoms with Crippen molar-refractivity contribution in [3.63, 3.8) is 0 Å². The predicted molar refractivity (Wildman–Crippen MR) is 80.4 cm³/mol. The quantitative estimate of drug-likeness (QED) is 0.762. The Balaban J connectivity index is 2.04. The molecule has 1 unspecified atom stereocenters. The van der Waals surface area contributed by atoms with E-state index in [1.807, 2.05) is 13.0 Å². The fourth-order valence-corrected chi connectivity index (χ4v) is 2.27. The standard InChI is InChI=1S/C15H21N3O3/c1-10-3-4-13(12(7-10)15(20)16-2)18-14(19)8-11-9-21-6-5-17-11/h3-4,7,11,17H,5-6,8-9H2,1-2H3,(H,16,20)(H,18,19). The van der Waals surface area contributed by atoms with Crippen LogP contribution in [-0.4, -0.2) is 44.7 Å². The van der Waals surface area contributed by atoms with Crippen LogP contribution in [0.25, 0.3) is 0 Å². The van der Waals surface area contributed by atoms with E-state index in [0.717, 1.165) is 12.1 Å². The molecule has 6 nitrogen and oxygen atoms in total. The second-order valence-electron chi connectivity index (χ2n) is 5.11. The molecular formula is C15H21N3O3. The molecule has 1 aliphatic heterocycles. The second-order valence-corrected chi connectivity index (χ2v) is 5.11. The SMILES string of the molecule is CNC(=O)c1cc(C)ccc1NC(=O)CC1COCCN1. The largest absolute Gasteiger partial charge is 0.378 e. The number of carbonyl (C=O) groups excluding carboxylic acids is 2. The van der Waals surface area contributed by atoms with Crippen LogP contribution in [0.3, 0.4) is 0 Å². The van der Waals surface area contributed by atoms with Gasteiger partial charge in [-0.25, -0.2) is 0 Å². The first-order chi connectivity index (χ1) is 10.1. The lowest BCUT2D eigenvalue weighted by Crippen LogP contribution is -2.43. The Bertz CT molecular complexity index is 525. The topological polar surface area (TPSA) is 79.5 Å². The molecule has 6 heteroatoms. The van der Waals surface area contributed by atoms with Crippen molar-refractivity contribution in [1.82, 2.24) is 10.6 Å². The summed E-state index contributed by atoms with van der Waals surface area (Å²) < 4.78 is 5.32. The number of amides is 2. The Hall–Kier alpha value is -1.92. The van der Waals surface area contributed by atoms with Gasteiger partial charge in [-0.05, 0) is 19.1 Å². The van der Waals surface area contributed by atoms with Crippen molar-refractivity contribution in [2.75, 3.05) is 32.1 Å². The molecule has 0 aromatic heterocycles. The zero-order valence-electron chi connectivity index (χ0n) is 12.4. The maximum absolute atomic E-state index is 12.1. The molecule has 2 amide bonds. The molecule has 3 N–H and O–H groups in total. The van der Waals surface area contributed by atoms with Crippen molar-refractivity contribution < 1.29 is 14.3 Å². The van der Waals surface area contributed by atoms with Crippen molar-refractivity contribution in [1.29, 1.82) is 0 Å². The molecule has 0 radical (unpaired) electrons. The second kappa shape index (κ2) is 7.19. The average Bonchev–Trinajstić information content (AvgIpc) is 2.49. The number of aryl methyl sites for hydroxylation is 1. The molecule has 1 aromatic rings. The molecular weight excluding hydrogens is 270 g/mol. The number of anilines is 1. The average molecular weight is 291 g/mol. The summed E-state index contributed by atoms with van der Waals surface area (Å²) in [6.45, 7) is 3.87. The number of ether oxygens (including phenoxy) is 1. The molecule has 1 atom stereocenters.